The summed E-state index contributed by atoms with van der Waals surface area (Å²) < 4.78 is 41.9. The molecule has 1 unspecified atom stereocenters. The molecule has 6 nitrogen and oxygen atoms in total. The van der Waals surface area contributed by atoms with Crippen molar-refractivity contribution in [3.05, 3.63) is 57.2 Å². The molecule has 1 fully saturated rings. The van der Waals surface area contributed by atoms with Gasteiger partial charge in [0.1, 0.15) is 5.82 Å². The van der Waals surface area contributed by atoms with Gasteiger partial charge >= 0.3 is 6.18 Å². The molecule has 0 radical (unpaired) electrons. The number of piperidine rings is 1. The zero-order chi connectivity index (χ0) is 24.6. The summed E-state index contributed by atoms with van der Waals surface area (Å²) in [5.41, 5.74) is 1.89. The van der Waals surface area contributed by atoms with Crippen LogP contribution < -0.4 is 10.6 Å². The Balaban J connectivity index is 1.46. The summed E-state index contributed by atoms with van der Waals surface area (Å²) in [7, 11) is 1.13. The molecule has 2 amide bonds. The van der Waals surface area contributed by atoms with Gasteiger partial charge in [0.05, 0.1) is 16.0 Å². The fraction of sp³-hybridized carbons (Fsp3) is 0.435. The molecule has 34 heavy (non-hydrogen) atoms. The number of nitrogens with zero attached hydrogens (tertiary/aromatic N) is 2. The van der Waals surface area contributed by atoms with Crippen LogP contribution in [0.5, 0.6) is 0 Å². The van der Waals surface area contributed by atoms with E-state index in [9.17, 15) is 22.8 Å². The Hall–Kier alpha value is -2.52. The maximum absolute atomic E-state index is 14.0. The second kappa shape index (κ2) is 9.62. The van der Waals surface area contributed by atoms with E-state index in [0.29, 0.717) is 33.6 Å². The highest BCUT2D eigenvalue weighted by Crippen LogP contribution is 2.38. The van der Waals surface area contributed by atoms with Crippen molar-refractivity contribution in [1.29, 1.82) is 0 Å². The molecule has 182 valence electrons. The van der Waals surface area contributed by atoms with Crippen LogP contribution in [0.4, 0.5) is 19.0 Å². The predicted octanol–water partition coefficient (Wildman–Crippen LogP) is 4.56. The minimum absolute atomic E-state index is 0.0199. The Bertz CT molecular complexity index is 1080. The zero-order valence-corrected chi connectivity index (χ0v) is 19.8. The number of carbonyl (C=O) groups excluding carboxylic acids is 2. The molecule has 1 aliphatic heterocycles. The van der Waals surface area contributed by atoms with Gasteiger partial charge in [-0.15, -0.1) is 0 Å². The van der Waals surface area contributed by atoms with Crippen molar-refractivity contribution in [2.24, 2.45) is 5.92 Å². The number of pyridine rings is 1. The molecule has 1 saturated heterocycles. The molecule has 2 heterocycles. The number of fused-ring (bicyclic) bond motifs is 1. The van der Waals surface area contributed by atoms with E-state index in [2.05, 4.69) is 15.6 Å². The number of carbonyl (C=O) groups is 2. The third kappa shape index (κ3) is 5.10. The lowest BCUT2D eigenvalue weighted by molar-refractivity contribution is -0.190. The van der Waals surface area contributed by atoms with Gasteiger partial charge in [-0.3, -0.25) is 9.59 Å². The zero-order valence-electron chi connectivity index (χ0n) is 18.3. The summed E-state index contributed by atoms with van der Waals surface area (Å²) in [6, 6.07) is 4.30. The Morgan fingerprint density at radius 3 is 2.62 bits per heavy atom. The molecule has 2 aromatic rings. The molecular weight excluding hydrogens is 492 g/mol. The molecule has 1 aromatic carbocycles. The van der Waals surface area contributed by atoms with Crippen molar-refractivity contribution in [3.63, 3.8) is 0 Å². The first-order valence-electron chi connectivity index (χ1n) is 10.8. The smallest absolute Gasteiger partial charge is 0.367 e. The van der Waals surface area contributed by atoms with Crippen molar-refractivity contribution >= 4 is 40.8 Å². The first kappa shape index (κ1) is 24.6. The number of hydrogen-bond acceptors (Lipinski definition) is 4. The topological polar surface area (TPSA) is 74.3 Å². The molecule has 2 aliphatic rings. The minimum Gasteiger partial charge on any atom is -0.367 e. The highest BCUT2D eigenvalue weighted by atomic mass is 35.5. The van der Waals surface area contributed by atoms with Crippen LogP contribution in [-0.2, 0) is 22.4 Å². The monoisotopic (exact) mass is 514 g/mol. The van der Waals surface area contributed by atoms with Gasteiger partial charge in [-0.2, -0.15) is 13.2 Å². The number of nitrogens with one attached hydrogen (secondary N) is 2. The average molecular weight is 515 g/mol. The fourth-order valence-corrected chi connectivity index (χ4v) is 5.02. The van der Waals surface area contributed by atoms with Crippen LogP contribution in [0, 0.1) is 5.92 Å². The first-order valence-corrected chi connectivity index (χ1v) is 11.6. The van der Waals surface area contributed by atoms with Gasteiger partial charge in [0.15, 0.2) is 6.04 Å². The number of aromatic nitrogens is 1. The number of hydrogen-bond donors (Lipinski definition) is 2. The van der Waals surface area contributed by atoms with Crippen molar-refractivity contribution in [2.75, 3.05) is 18.9 Å². The Morgan fingerprint density at radius 2 is 2.00 bits per heavy atom. The SMILES string of the molecule is CN(C(=O)[C@H]1CCC(=O)NC1)[C@@H](c1ccc(NC2Cc3ccc(Cl)c(Cl)c3C2)nc1)C(F)(F)F. The van der Waals surface area contributed by atoms with Gasteiger partial charge < -0.3 is 15.5 Å². The maximum Gasteiger partial charge on any atom is 0.413 e. The number of anilines is 1. The Morgan fingerprint density at radius 1 is 1.24 bits per heavy atom. The van der Waals surface area contributed by atoms with Crippen LogP contribution in [-0.4, -0.2) is 47.5 Å². The van der Waals surface area contributed by atoms with E-state index >= 15 is 0 Å². The number of alkyl halides is 3. The van der Waals surface area contributed by atoms with Crippen molar-refractivity contribution in [3.8, 4) is 0 Å². The van der Waals surface area contributed by atoms with Gasteiger partial charge in [-0.25, -0.2) is 4.98 Å². The first-order chi connectivity index (χ1) is 16.0. The van der Waals surface area contributed by atoms with E-state index < -0.39 is 24.0 Å². The lowest BCUT2D eigenvalue weighted by Crippen LogP contribution is -2.47. The summed E-state index contributed by atoms with van der Waals surface area (Å²) in [6.07, 6.45) is -1.90. The van der Waals surface area contributed by atoms with Crippen LogP contribution in [0.3, 0.4) is 0 Å². The van der Waals surface area contributed by atoms with Gasteiger partial charge in [-0.05, 0) is 42.5 Å². The van der Waals surface area contributed by atoms with Crippen LogP contribution in [0.15, 0.2) is 30.5 Å². The van der Waals surface area contributed by atoms with Gasteiger partial charge in [0.25, 0.3) is 0 Å². The van der Waals surface area contributed by atoms with Crippen molar-refractivity contribution in [2.45, 2.75) is 43.9 Å². The molecule has 11 heteroatoms. The van der Waals surface area contributed by atoms with Crippen molar-refractivity contribution in [1.82, 2.24) is 15.2 Å². The largest absolute Gasteiger partial charge is 0.413 e. The molecule has 0 bridgehead atoms. The van der Waals surface area contributed by atoms with Gasteiger partial charge in [0, 0.05) is 37.8 Å². The molecule has 3 atom stereocenters. The second-order valence-electron chi connectivity index (χ2n) is 8.66. The second-order valence-corrected chi connectivity index (χ2v) is 9.44. The number of benzene rings is 1. The number of halogens is 5. The molecule has 1 aromatic heterocycles. The van der Waals surface area contributed by atoms with Crippen molar-refractivity contribution < 1.29 is 22.8 Å². The third-order valence-corrected chi connectivity index (χ3v) is 7.17. The van der Waals surface area contributed by atoms with E-state index in [1.165, 1.54) is 12.1 Å². The summed E-state index contributed by atoms with van der Waals surface area (Å²) in [6.45, 7) is 0.0344. The lowest BCUT2D eigenvalue weighted by atomic mass is 9.96. The molecule has 1 aliphatic carbocycles. The van der Waals surface area contributed by atoms with E-state index in [0.717, 1.165) is 24.4 Å². The van der Waals surface area contributed by atoms with Crippen LogP contribution in [0.2, 0.25) is 10.0 Å². The normalized spacial score (nSPS) is 20.9. The van der Waals surface area contributed by atoms with Gasteiger partial charge in [-0.1, -0.05) is 35.3 Å². The van der Waals surface area contributed by atoms with Crippen LogP contribution in [0.1, 0.15) is 35.6 Å². The Labute approximate surface area is 204 Å². The molecule has 0 saturated carbocycles. The van der Waals surface area contributed by atoms with E-state index in [1.54, 1.807) is 6.07 Å². The summed E-state index contributed by atoms with van der Waals surface area (Å²) in [4.78, 5) is 28.9. The van der Waals surface area contributed by atoms with E-state index in [4.69, 9.17) is 23.2 Å². The molecule has 4 rings (SSSR count). The number of amides is 2. The minimum atomic E-state index is -4.69. The highest BCUT2D eigenvalue weighted by molar-refractivity contribution is 6.42. The third-order valence-electron chi connectivity index (χ3n) is 6.32. The average Bonchev–Trinajstić information content (AvgIpc) is 3.20. The summed E-state index contributed by atoms with van der Waals surface area (Å²) in [5, 5.41) is 6.77. The highest BCUT2D eigenvalue weighted by Gasteiger charge is 2.46. The molecule has 2 N–H and O–H groups in total. The van der Waals surface area contributed by atoms with E-state index in [-0.39, 0.29) is 36.9 Å². The molecular formula is C23H23Cl2F3N4O2. The maximum atomic E-state index is 14.0. The Kier molecular flexibility index (Phi) is 6.96. The van der Waals surface area contributed by atoms with E-state index in [1.807, 2.05) is 6.07 Å². The number of rotatable bonds is 5. The quantitative estimate of drug-likeness (QED) is 0.613. The predicted molar refractivity (Wildman–Crippen MR) is 123 cm³/mol. The standard InChI is InChI=1S/C23H23Cl2F3N4O2/c1-32(22(34)14-4-7-19(33)30-11-14)21(23(26,27)28)13-3-6-18(29-10-13)31-15-8-12-2-5-17(24)20(25)16(12)9-15/h2-3,5-6,10,14-15,21H,4,7-9,11H2,1H3,(H,29,31)(H,30,33)/t14-,15?,21-/m0/s1. The van der Waals surface area contributed by atoms with Crippen LogP contribution >= 0.6 is 23.2 Å². The van der Waals surface area contributed by atoms with Crippen LogP contribution in [0.25, 0.3) is 0 Å². The molecule has 0 spiro atoms. The summed E-state index contributed by atoms with van der Waals surface area (Å²) in [5.74, 6) is -1.13. The van der Waals surface area contributed by atoms with Gasteiger partial charge in [0.2, 0.25) is 11.8 Å². The lowest BCUT2D eigenvalue weighted by Gasteiger charge is -2.34. The summed E-state index contributed by atoms with van der Waals surface area (Å²) >= 11 is 12.4. The fourth-order valence-electron chi connectivity index (χ4n) is 4.58.